The number of likely N-dealkylation sites (tertiary alicyclic amines) is 1. The molecule has 1 saturated heterocycles. The highest BCUT2D eigenvalue weighted by molar-refractivity contribution is 5.35. The maximum atomic E-state index is 4.49. The molecule has 0 bridgehead atoms. The number of H-pyrrole nitrogens is 1. The van der Waals surface area contributed by atoms with Crippen LogP contribution in [0.5, 0.6) is 0 Å². The molecule has 2 aromatic heterocycles. The number of hydrogen-bond donors (Lipinski definition) is 2. The fourth-order valence-electron chi connectivity index (χ4n) is 2.87. The van der Waals surface area contributed by atoms with Crippen molar-refractivity contribution < 1.29 is 0 Å². The molecule has 1 fully saturated rings. The van der Waals surface area contributed by atoms with E-state index >= 15 is 0 Å². The van der Waals surface area contributed by atoms with Gasteiger partial charge in [0.05, 0.1) is 11.9 Å². The molecule has 0 saturated carbocycles. The smallest absolute Gasteiger partial charge is 0.126 e. The summed E-state index contributed by atoms with van der Waals surface area (Å²) in [5.74, 6) is 1.67. The summed E-state index contributed by atoms with van der Waals surface area (Å²) in [5, 5.41) is 10.6. The second-order valence-corrected chi connectivity index (χ2v) is 5.97. The minimum Gasteiger partial charge on any atom is -0.370 e. The quantitative estimate of drug-likeness (QED) is 0.885. The molecule has 3 heterocycles. The van der Waals surface area contributed by atoms with Crippen molar-refractivity contribution in [3.05, 3.63) is 41.3 Å². The summed E-state index contributed by atoms with van der Waals surface area (Å²) in [6.45, 7) is 8.40. The molecule has 21 heavy (non-hydrogen) atoms. The Kier molecular flexibility index (Phi) is 4.20. The molecule has 5 nitrogen and oxygen atoms in total. The van der Waals surface area contributed by atoms with E-state index in [-0.39, 0.29) is 0 Å². The fourth-order valence-corrected chi connectivity index (χ4v) is 2.87. The SMILES string of the molecule is Cc1cccc(NCC2CCN(Cc3[nH]ncc3C)C2)n1. The van der Waals surface area contributed by atoms with Crippen LogP contribution in [-0.2, 0) is 6.54 Å². The van der Waals surface area contributed by atoms with Gasteiger partial charge in [0, 0.05) is 25.3 Å². The molecule has 1 aliphatic rings. The van der Waals surface area contributed by atoms with Gasteiger partial charge < -0.3 is 5.32 Å². The van der Waals surface area contributed by atoms with Gasteiger partial charge in [-0.15, -0.1) is 0 Å². The molecule has 0 amide bonds. The van der Waals surface area contributed by atoms with Crippen LogP contribution in [0.25, 0.3) is 0 Å². The highest BCUT2D eigenvalue weighted by Crippen LogP contribution is 2.19. The zero-order valence-electron chi connectivity index (χ0n) is 12.8. The number of aryl methyl sites for hydroxylation is 2. The predicted molar refractivity (Wildman–Crippen MR) is 84.2 cm³/mol. The molecule has 1 aliphatic heterocycles. The molecule has 0 spiro atoms. The van der Waals surface area contributed by atoms with Gasteiger partial charge in [-0.25, -0.2) is 4.98 Å². The first-order valence-electron chi connectivity index (χ1n) is 7.59. The third kappa shape index (κ3) is 3.61. The van der Waals surface area contributed by atoms with Crippen LogP contribution >= 0.6 is 0 Å². The monoisotopic (exact) mass is 285 g/mol. The lowest BCUT2D eigenvalue weighted by atomic mass is 10.1. The maximum absolute atomic E-state index is 4.49. The van der Waals surface area contributed by atoms with Crippen LogP contribution in [-0.4, -0.2) is 39.7 Å². The Bertz CT molecular complexity index is 592. The predicted octanol–water partition coefficient (Wildman–Crippen LogP) is 2.36. The van der Waals surface area contributed by atoms with Crippen LogP contribution < -0.4 is 5.32 Å². The molecule has 1 unspecified atom stereocenters. The Morgan fingerprint density at radius 1 is 1.38 bits per heavy atom. The zero-order valence-corrected chi connectivity index (χ0v) is 12.8. The second-order valence-electron chi connectivity index (χ2n) is 5.97. The van der Waals surface area contributed by atoms with Crippen LogP contribution in [0, 0.1) is 19.8 Å². The van der Waals surface area contributed by atoms with Gasteiger partial charge in [-0.3, -0.25) is 10.00 Å². The molecule has 5 heteroatoms. The summed E-state index contributed by atoms with van der Waals surface area (Å²) in [4.78, 5) is 6.98. The van der Waals surface area contributed by atoms with Crippen molar-refractivity contribution in [3.8, 4) is 0 Å². The lowest BCUT2D eigenvalue weighted by Gasteiger charge is -2.16. The number of rotatable bonds is 5. The van der Waals surface area contributed by atoms with E-state index in [9.17, 15) is 0 Å². The summed E-state index contributed by atoms with van der Waals surface area (Å²) >= 11 is 0. The zero-order chi connectivity index (χ0) is 14.7. The van der Waals surface area contributed by atoms with Crippen LogP contribution in [0.15, 0.2) is 24.4 Å². The average molecular weight is 285 g/mol. The van der Waals surface area contributed by atoms with Crippen molar-refractivity contribution in [2.24, 2.45) is 5.92 Å². The van der Waals surface area contributed by atoms with Gasteiger partial charge in [0.2, 0.25) is 0 Å². The molecule has 1 atom stereocenters. The Labute approximate surface area is 125 Å². The molecule has 3 rings (SSSR count). The number of aromatic nitrogens is 3. The van der Waals surface area contributed by atoms with Gasteiger partial charge in [-0.05, 0) is 50.4 Å². The molecule has 0 aliphatic carbocycles. The van der Waals surface area contributed by atoms with Gasteiger partial charge in [-0.2, -0.15) is 5.10 Å². The summed E-state index contributed by atoms with van der Waals surface area (Å²) in [5.41, 5.74) is 3.55. The molecule has 0 aromatic carbocycles. The van der Waals surface area contributed by atoms with E-state index in [1.54, 1.807) is 0 Å². The van der Waals surface area contributed by atoms with Crippen LogP contribution in [0.3, 0.4) is 0 Å². The number of nitrogens with one attached hydrogen (secondary N) is 2. The highest BCUT2D eigenvalue weighted by atomic mass is 15.2. The van der Waals surface area contributed by atoms with Gasteiger partial charge in [0.15, 0.2) is 0 Å². The number of pyridine rings is 1. The first-order valence-corrected chi connectivity index (χ1v) is 7.59. The number of hydrogen-bond acceptors (Lipinski definition) is 4. The van der Waals surface area contributed by atoms with Gasteiger partial charge in [-0.1, -0.05) is 6.07 Å². The van der Waals surface area contributed by atoms with E-state index in [1.807, 2.05) is 31.3 Å². The van der Waals surface area contributed by atoms with E-state index in [0.717, 1.165) is 37.7 Å². The number of anilines is 1. The lowest BCUT2D eigenvalue weighted by Crippen LogP contribution is -2.23. The largest absolute Gasteiger partial charge is 0.370 e. The van der Waals surface area contributed by atoms with Crippen molar-refractivity contribution in [2.75, 3.05) is 25.0 Å². The molecular formula is C16H23N5. The van der Waals surface area contributed by atoms with Crippen LogP contribution in [0.2, 0.25) is 0 Å². The molecule has 2 aromatic rings. The highest BCUT2D eigenvalue weighted by Gasteiger charge is 2.23. The standard InChI is InChI=1S/C16H23N5/c1-12-8-18-20-15(12)11-21-7-6-14(10-21)9-17-16-5-3-4-13(2)19-16/h3-5,8,14H,6-7,9-11H2,1-2H3,(H,17,19)(H,18,20). The fraction of sp³-hybridized carbons (Fsp3) is 0.500. The summed E-state index contributed by atoms with van der Waals surface area (Å²) in [6, 6.07) is 6.11. The minimum atomic E-state index is 0.690. The first-order chi connectivity index (χ1) is 10.2. The summed E-state index contributed by atoms with van der Waals surface area (Å²) < 4.78 is 0. The second kappa shape index (κ2) is 6.26. The van der Waals surface area contributed by atoms with Crippen molar-refractivity contribution in [2.45, 2.75) is 26.8 Å². The van der Waals surface area contributed by atoms with E-state index in [0.29, 0.717) is 5.92 Å². The normalized spacial score (nSPS) is 19.0. The Morgan fingerprint density at radius 3 is 3.05 bits per heavy atom. The third-order valence-corrected chi connectivity index (χ3v) is 4.15. The topological polar surface area (TPSA) is 56.8 Å². The Morgan fingerprint density at radius 2 is 2.29 bits per heavy atom. The van der Waals surface area contributed by atoms with E-state index in [2.05, 4.69) is 32.3 Å². The van der Waals surface area contributed by atoms with E-state index in [1.165, 1.54) is 17.7 Å². The van der Waals surface area contributed by atoms with E-state index in [4.69, 9.17) is 0 Å². The van der Waals surface area contributed by atoms with Crippen molar-refractivity contribution in [3.63, 3.8) is 0 Å². The molecule has 0 radical (unpaired) electrons. The maximum Gasteiger partial charge on any atom is 0.126 e. The first kappa shape index (κ1) is 14.1. The summed E-state index contributed by atoms with van der Waals surface area (Å²) in [7, 11) is 0. The Balaban J connectivity index is 1.47. The van der Waals surface area contributed by atoms with Gasteiger partial charge in [0.25, 0.3) is 0 Å². The van der Waals surface area contributed by atoms with Crippen molar-refractivity contribution in [1.82, 2.24) is 20.1 Å². The Hall–Kier alpha value is -1.88. The third-order valence-electron chi connectivity index (χ3n) is 4.15. The number of nitrogens with zero attached hydrogens (tertiary/aromatic N) is 3. The lowest BCUT2D eigenvalue weighted by molar-refractivity contribution is 0.314. The van der Waals surface area contributed by atoms with E-state index < -0.39 is 0 Å². The van der Waals surface area contributed by atoms with Gasteiger partial charge in [0.1, 0.15) is 5.82 Å². The van der Waals surface area contributed by atoms with Crippen molar-refractivity contribution >= 4 is 5.82 Å². The van der Waals surface area contributed by atoms with Gasteiger partial charge >= 0.3 is 0 Å². The molecular weight excluding hydrogens is 262 g/mol. The van der Waals surface area contributed by atoms with Crippen LogP contribution in [0.1, 0.15) is 23.4 Å². The molecule has 2 N–H and O–H groups in total. The minimum absolute atomic E-state index is 0.690. The summed E-state index contributed by atoms with van der Waals surface area (Å²) in [6.07, 6.45) is 3.14. The molecule has 112 valence electrons. The van der Waals surface area contributed by atoms with Crippen molar-refractivity contribution in [1.29, 1.82) is 0 Å². The van der Waals surface area contributed by atoms with Crippen LogP contribution in [0.4, 0.5) is 5.82 Å². The average Bonchev–Trinajstić information content (AvgIpc) is 3.07. The number of aromatic amines is 1.